The highest BCUT2D eigenvalue weighted by Crippen LogP contribution is 2.43. The zero-order valence-corrected chi connectivity index (χ0v) is 14.4. The molecule has 1 aliphatic carbocycles. The summed E-state index contributed by atoms with van der Waals surface area (Å²) in [6.07, 6.45) is 21.3. The highest BCUT2D eigenvalue weighted by Gasteiger charge is 2.27. The maximum atomic E-state index is 3.88. The van der Waals surface area contributed by atoms with Gasteiger partial charge in [-0.2, -0.15) is 0 Å². The standard InChI is InChI=1S/C22H30/c1-6-10-12-13-17-20-18(5)19(16-11-7-2)21(14-8-3)22(20)15-9-4/h6-8,10,12-14,17,21H,1-2,9,11,15-16H2,3-5H3/b12-10-,14-8-,17-13-. The van der Waals surface area contributed by atoms with Gasteiger partial charge in [0.2, 0.25) is 0 Å². The number of rotatable bonds is 9. The third-order valence-corrected chi connectivity index (χ3v) is 4.13. The average Bonchev–Trinajstić information content (AvgIpc) is 2.75. The van der Waals surface area contributed by atoms with Crippen LogP contribution < -0.4 is 0 Å². The Morgan fingerprint density at radius 1 is 1.05 bits per heavy atom. The molecule has 22 heavy (non-hydrogen) atoms. The molecule has 0 bridgehead atoms. The van der Waals surface area contributed by atoms with Gasteiger partial charge in [-0.3, -0.25) is 0 Å². The molecule has 0 spiro atoms. The summed E-state index contributed by atoms with van der Waals surface area (Å²) in [6, 6.07) is 0. The normalized spacial score (nSPS) is 19.3. The fraction of sp³-hybridized carbons (Fsp3) is 0.364. The molecule has 0 heteroatoms. The second-order valence-electron chi connectivity index (χ2n) is 5.65. The number of allylic oxidation sites excluding steroid dienone is 12. The summed E-state index contributed by atoms with van der Waals surface area (Å²) in [5, 5.41) is 0. The van der Waals surface area contributed by atoms with Crippen molar-refractivity contribution in [1.82, 2.24) is 0 Å². The van der Waals surface area contributed by atoms with Crippen molar-refractivity contribution >= 4 is 0 Å². The van der Waals surface area contributed by atoms with E-state index in [-0.39, 0.29) is 0 Å². The molecule has 1 aliphatic rings. The number of hydrogen-bond acceptors (Lipinski definition) is 0. The molecule has 0 aliphatic heterocycles. The van der Waals surface area contributed by atoms with Crippen LogP contribution >= 0.6 is 0 Å². The predicted molar refractivity (Wildman–Crippen MR) is 101 cm³/mol. The summed E-state index contributed by atoms with van der Waals surface area (Å²) in [7, 11) is 0. The van der Waals surface area contributed by atoms with Crippen molar-refractivity contribution in [2.75, 3.05) is 0 Å². The van der Waals surface area contributed by atoms with Gasteiger partial charge in [-0.25, -0.2) is 0 Å². The summed E-state index contributed by atoms with van der Waals surface area (Å²) in [5.74, 6) is 0.480. The lowest BCUT2D eigenvalue weighted by Crippen LogP contribution is -2.02. The Morgan fingerprint density at radius 3 is 2.41 bits per heavy atom. The highest BCUT2D eigenvalue weighted by atomic mass is 14.3. The second-order valence-corrected chi connectivity index (χ2v) is 5.65. The maximum absolute atomic E-state index is 3.88. The third-order valence-electron chi connectivity index (χ3n) is 4.13. The Hall–Kier alpha value is -1.82. The lowest BCUT2D eigenvalue weighted by atomic mass is 9.89. The Balaban J connectivity index is 3.22. The quantitative estimate of drug-likeness (QED) is 0.321. The smallest absolute Gasteiger partial charge is 0.0202 e. The van der Waals surface area contributed by atoms with Gasteiger partial charge in [-0.1, -0.05) is 79.7 Å². The molecule has 0 aromatic heterocycles. The van der Waals surface area contributed by atoms with E-state index in [9.17, 15) is 0 Å². The van der Waals surface area contributed by atoms with Crippen LogP contribution in [0.15, 0.2) is 84.1 Å². The lowest BCUT2D eigenvalue weighted by molar-refractivity contribution is 0.755. The molecule has 1 unspecified atom stereocenters. The lowest BCUT2D eigenvalue weighted by Gasteiger charge is -2.15. The summed E-state index contributed by atoms with van der Waals surface area (Å²) in [5.41, 5.74) is 6.02. The van der Waals surface area contributed by atoms with Crippen LogP contribution in [-0.2, 0) is 0 Å². The Labute approximate surface area is 137 Å². The molecule has 0 fully saturated rings. The van der Waals surface area contributed by atoms with Gasteiger partial charge in [0.1, 0.15) is 0 Å². The van der Waals surface area contributed by atoms with Crippen LogP contribution in [0.2, 0.25) is 0 Å². The van der Waals surface area contributed by atoms with Crippen LogP contribution in [0.25, 0.3) is 0 Å². The summed E-state index contributed by atoms with van der Waals surface area (Å²) in [6.45, 7) is 14.2. The van der Waals surface area contributed by atoms with Crippen molar-refractivity contribution in [1.29, 1.82) is 0 Å². The minimum Gasteiger partial charge on any atom is -0.103 e. The topological polar surface area (TPSA) is 0 Å². The molecule has 0 aromatic carbocycles. The fourth-order valence-electron chi connectivity index (χ4n) is 3.14. The minimum atomic E-state index is 0.480. The zero-order chi connectivity index (χ0) is 16.4. The first kappa shape index (κ1) is 18.2. The van der Waals surface area contributed by atoms with Gasteiger partial charge in [0, 0.05) is 5.92 Å². The summed E-state index contributed by atoms with van der Waals surface area (Å²) < 4.78 is 0. The van der Waals surface area contributed by atoms with Crippen LogP contribution in [0.5, 0.6) is 0 Å². The van der Waals surface area contributed by atoms with Gasteiger partial charge >= 0.3 is 0 Å². The van der Waals surface area contributed by atoms with E-state index in [1.165, 1.54) is 17.6 Å². The van der Waals surface area contributed by atoms with E-state index in [4.69, 9.17) is 0 Å². The molecule has 0 radical (unpaired) electrons. The van der Waals surface area contributed by atoms with Crippen molar-refractivity contribution in [3.8, 4) is 0 Å². The SMILES string of the molecule is C=C/C=C\C=C/C1=C(CCC)C(/C=C\C)C(CCC=C)=C1C. The average molecular weight is 294 g/mol. The molecule has 0 amide bonds. The highest BCUT2D eigenvalue weighted by molar-refractivity contribution is 5.56. The molecular weight excluding hydrogens is 264 g/mol. The van der Waals surface area contributed by atoms with E-state index in [1.807, 2.05) is 18.2 Å². The maximum Gasteiger partial charge on any atom is 0.0202 e. The van der Waals surface area contributed by atoms with Crippen LogP contribution in [0, 0.1) is 5.92 Å². The van der Waals surface area contributed by atoms with Crippen LogP contribution in [0.1, 0.15) is 46.5 Å². The second kappa shape index (κ2) is 10.00. The van der Waals surface area contributed by atoms with E-state index in [0.29, 0.717) is 5.92 Å². The largest absolute Gasteiger partial charge is 0.103 e. The van der Waals surface area contributed by atoms with Gasteiger partial charge in [0.25, 0.3) is 0 Å². The molecule has 0 saturated carbocycles. The van der Waals surface area contributed by atoms with Crippen molar-refractivity contribution in [3.05, 3.63) is 84.1 Å². The van der Waals surface area contributed by atoms with E-state index in [2.05, 4.69) is 58.2 Å². The molecule has 0 aromatic rings. The summed E-state index contributed by atoms with van der Waals surface area (Å²) in [4.78, 5) is 0. The van der Waals surface area contributed by atoms with Gasteiger partial charge in [0.05, 0.1) is 0 Å². The van der Waals surface area contributed by atoms with Gasteiger partial charge in [0.15, 0.2) is 0 Å². The molecular formula is C22H30. The van der Waals surface area contributed by atoms with Crippen molar-refractivity contribution in [2.24, 2.45) is 5.92 Å². The molecule has 0 saturated heterocycles. The first-order chi connectivity index (χ1) is 10.7. The monoisotopic (exact) mass is 294 g/mol. The molecule has 0 nitrogen and oxygen atoms in total. The third kappa shape index (κ3) is 4.59. The van der Waals surface area contributed by atoms with Crippen molar-refractivity contribution < 1.29 is 0 Å². The molecule has 0 heterocycles. The Kier molecular flexibility index (Phi) is 8.28. The van der Waals surface area contributed by atoms with Gasteiger partial charge < -0.3 is 0 Å². The van der Waals surface area contributed by atoms with E-state index >= 15 is 0 Å². The van der Waals surface area contributed by atoms with Crippen LogP contribution in [0.4, 0.5) is 0 Å². The first-order valence-electron chi connectivity index (χ1n) is 8.33. The van der Waals surface area contributed by atoms with Crippen molar-refractivity contribution in [2.45, 2.75) is 46.5 Å². The molecule has 1 atom stereocenters. The molecule has 118 valence electrons. The zero-order valence-electron chi connectivity index (χ0n) is 14.4. The van der Waals surface area contributed by atoms with E-state index in [0.717, 1.165) is 19.3 Å². The van der Waals surface area contributed by atoms with Crippen LogP contribution in [0.3, 0.4) is 0 Å². The van der Waals surface area contributed by atoms with E-state index in [1.54, 1.807) is 17.2 Å². The minimum absolute atomic E-state index is 0.480. The molecule has 0 N–H and O–H groups in total. The van der Waals surface area contributed by atoms with E-state index < -0.39 is 0 Å². The van der Waals surface area contributed by atoms with Crippen LogP contribution in [-0.4, -0.2) is 0 Å². The van der Waals surface area contributed by atoms with Gasteiger partial charge in [-0.15, -0.1) is 6.58 Å². The fourth-order valence-corrected chi connectivity index (χ4v) is 3.14. The Morgan fingerprint density at radius 2 is 1.82 bits per heavy atom. The van der Waals surface area contributed by atoms with Crippen molar-refractivity contribution in [3.63, 3.8) is 0 Å². The number of hydrogen-bond donors (Lipinski definition) is 0. The molecule has 1 rings (SSSR count). The predicted octanol–water partition coefficient (Wildman–Crippen LogP) is 6.87. The first-order valence-corrected chi connectivity index (χ1v) is 8.33. The Bertz CT molecular complexity index is 532. The summed E-state index contributed by atoms with van der Waals surface area (Å²) >= 11 is 0. The van der Waals surface area contributed by atoms with Gasteiger partial charge in [-0.05, 0) is 44.3 Å².